The highest BCUT2D eigenvalue weighted by molar-refractivity contribution is 6.33. The van der Waals surface area contributed by atoms with Gasteiger partial charge in [0.05, 0.1) is 0 Å². The molecule has 0 spiro atoms. The second kappa shape index (κ2) is 24.7. The summed E-state index contributed by atoms with van der Waals surface area (Å²) in [5, 5.41) is 0. The zero-order valence-corrected chi connectivity index (χ0v) is 14.6. The van der Waals surface area contributed by atoms with Gasteiger partial charge in [0.1, 0.15) is 0 Å². The van der Waals surface area contributed by atoms with Gasteiger partial charge in [0.15, 0.2) is 12.1 Å². The molecule has 0 aliphatic carbocycles. The Morgan fingerprint density at radius 3 is 1.19 bits per heavy atom. The number of hydrogen-bond donors (Lipinski definition) is 0. The third-order valence-corrected chi connectivity index (χ3v) is 2.35. The SMILES string of the molecule is C.C.C.CC.CC.CC(=O)c1ccccc1.O=CC(=O)c1ccccc1. The van der Waals surface area contributed by atoms with Crippen LogP contribution >= 0.6 is 0 Å². The molecule has 0 radical (unpaired) electrons. The van der Waals surface area contributed by atoms with Gasteiger partial charge in [0.25, 0.3) is 0 Å². The number of benzene rings is 2. The van der Waals surface area contributed by atoms with E-state index in [4.69, 9.17) is 0 Å². The van der Waals surface area contributed by atoms with Gasteiger partial charge in [-0.3, -0.25) is 14.4 Å². The summed E-state index contributed by atoms with van der Waals surface area (Å²) in [5.74, 6) is -0.351. The zero-order valence-electron chi connectivity index (χ0n) is 14.6. The summed E-state index contributed by atoms with van der Waals surface area (Å²) in [6.07, 6.45) is 0.315. The molecule has 0 N–H and O–H groups in total. The zero-order chi connectivity index (χ0) is 18.1. The minimum Gasteiger partial charge on any atom is -0.295 e. The summed E-state index contributed by atoms with van der Waals surface area (Å²) in [5.41, 5.74) is 1.22. The van der Waals surface area contributed by atoms with E-state index < -0.39 is 5.78 Å². The van der Waals surface area contributed by atoms with E-state index in [1.54, 1.807) is 37.3 Å². The molecule has 0 amide bonds. The lowest BCUT2D eigenvalue weighted by molar-refractivity contribution is -0.104. The van der Waals surface area contributed by atoms with Crippen molar-refractivity contribution in [1.29, 1.82) is 0 Å². The van der Waals surface area contributed by atoms with Crippen molar-refractivity contribution in [1.82, 2.24) is 0 Å². The Kier molecular flexibility index (Phi) is 33.0. The molecule has 0 unspecified atom stereocenters. The number of carbonyl (C=O) groups excluding carboxylic acids is 3. The van der Waals surface area contributed by atoms with Crippen LogP contribution in [0.5, 0.6) is 0 Å². The van der Waals surface area contributed by atoms with Crippen molar-refractivity contribution in [2.24, 2.45) is 0 Å². The van der Waals surface area contributed by atoms with Crippen molar-refractivity contribution in [3.05, 3.63) is 71.8 Å². The second-order valence-electron chi connectivity index (χ2n) is 3.77. The van der Waals surface area contributed by atoms with Gasteiger partial charge in [0.2, 0.25) is 5.78 Å². The summed E-state index contributed by atoms with van der Waals surface area (Å²) >= 11 is 0. The fourth-order valence-corrected chi connectivity index (χ4v) is 1.34. The predicted molar refractivity (Wildman–Crippen MR) is 116 cm³/mol. The standard InChI is InChI=1S/C8H6O2.C8H8O.2C2H6.3CH4/c9-6-8(10)7-4-2-1-3-5-7;1-7(9)8-5-3-2-4-6-8;2*1-2;;;/h1-6H;2-6H,1H3;2*1-2H3;3*1H4. The highest BCUT2D eigenvalue weighted by Crippen LogP contribution is 1.98. The summed E-state index contributed by atoms with van der Waals surface area (Å²) in [6.45, 7) is 9.56. The van der Waals surface area contributed by atoms with E-state index >= 15 is 0 Å². The Labute approximate surface area is 161 Å². The first-order chi connectivity index (χ1) is 11.1. The van der Waals surface area contributed by atoms with Crippen LogP contribution in [0.1, 0.15) is 77.6 Å². The molecule has 0 saturated heterocycles. The number of ketones is 2. The van der Waals surface area contributed by atoms with Gasteiger partial charge in [-0.1, -0.05) is 111 Å². The average Bonchev–Trinajstić information content (AvgIpc) is 2.66. The first kappa shape index (κ1) is 34.7. The van der Waals surface area contributed by atoms with Gasteiger partial charge < -0.3 is 0 Å². The van der Waals surface area contributed by atoms with E-state index in [9.17, 15) is 14.4 Å². The van der Waals surface area contributed by atoms with Gasteiger partial charge in [0, 0.05) is 11.1 Å². The van der Waals surface area contributed by atoms with Gasteiger partial charge in [-0.2, -0.15) is 0 Å². The van der Waals surface area contributed by atoms with E-state index in [1.165, 1.54) is 0 Å². The largest absolute Gasteiger partial charge is 0.295 e. The Morgan fingerprint density at radius 2 is 0.962 bits per heavy atom. The van der Waals surface area contributed by atoms with Crippen LogP contribution in [0.4, 0.5) is 0 Å². The van der Waals surface area contributed by atoms with Crippen molar-refractivity contribution in [3.8, 4) is 0 Å². The summed E-state index contributed by atoms with van der Waals surface area (Å²) < 4.78 is 0. The van der Waals surface area contributed by atoms with Gasteiger partial charge >= 0.3 is 0 Å². The molecule has 0 saturated carbocycles. The average molecular weight is 363 g/mol. The highest BCUT2D eigenvalue weighted by Gasteiger charge is 1.99. The molecule has 0 atom stereocenters. The molecule has 2 rings (SSSR count). The first-order valence-electron chi connectivity index (χ1n) is 7.75. The quantitative estimate of drug-likeness (QED) is 0.338. The number of carbonyl (C=O) groups is 3. The van der Waals surface area contributed by atoms with Crippen LogP contribution in [0.3, 0.4) is 0 Å². The smallest absolute Gasteiger partial charge is 0.225 e. The predicted octanol–water partition coefficient (Wildman–Crippen LogP) is 6.92. The van der Waals surface area contributed by atoms with Crippen molar-refractivity contribution in [3.63, 3.8) is 0 Å². The van der Waals surface area contributed by atoms with Crippen molar-refractivity contribution in [2.45, 2.75) is 56.9 Å². The summed E-state index contributed by atoms with van der Waals surface area (Å²) in [6, 6.07) is 17.7. The van der Waals surface area contributed by atoms with E-state index in [-0.39, 0.29) is 28.1 Å². The Bertz CT molecular complexity index is 546. The Balaban J connectivity index is -0.0000000866. The molecule has 0 aliphatic rings. The van der Waals surface area contributed by atoms with E-state index in [0.29, 0.717) is 11.8 Å². The van der Waals surface area contributed by atoms with Gasteiger partial charge in [-0.05, 0) is 6.92 Å². The topological polar surface area (TPSA) is 51.2 Å². The molecule has 26 heavy (non-hydrogen) atoms. The third-order valence-electron chi connectivity index (χ3n) is 2.35. The van der Waals surface area contributed by atoms with Crippen LogP contribution in [0, 0.1) is 0 Å². The lowest BCUT2D eigenvalue weighted by Gasteiger charge is -1.89. The molecular weight excluding hydrogens is 324 g/mol. The summed E-state index contributed by atoms with van der Waals surface area (Å²) in [7, 11) is 0. The van der Waals surface area contributed by atoms with Crippen LogP contribution in [-0.4, -0.2) is 17.9 Å². The first-order valence-corrected chi connectivity index (χ1v) is 7.75. The van der Waals surface area contributed by atoms with Gasteiger partial charge in [-0.25, -0.2) is 0 Å². The summed E-state index contributed by atoms with van der Waals surface area (Å²) in [4.78, 5) is 31.2. The van der Waals surface area contributed by atoms with Crippen LogP contribution in [0.2, 0.25) is 0 Å². The molecule has 0 fully saturated rings. The monoisotopic (exact) mass is 362 g/mol. The molecule has 2 aromatic carbocycles. The number of hydrogen-bond acceptors (Lipinski definition) is 3. The maximum Gasteiger partial charge on any atom is 0.225 e. The van der Waals surface area contributed by atoms with Crippen molar-refractivity contribution >= 4 is 17.9 Å². The molecule has 0 bridgehead atoms. The lowest BCUT2D eigenvalue weighted by atomic mass is 10.1. The van der Waals surface area contributed by atoms with Crippen molar-refractivity contribution < 1.29 is 14.4 Å². The number of aldehydes is 1. The molecule has 3 nitrogen and oxygen atoms in total. The molecule has 0 aliphatic heterocycles. The molecule has 0 aromatic heterocycles. The van der Waals surface area contributed by atoms with E-state index in [0.717, 1.165) is 5.56 Å². The molecular formula is C23H38O3. The molecule has 148 valence electrons. The van der Waals surface area contributed by atoms with Gasteiger partial charge in [-0.15, -0.1) is 0 Å². The van der Waals surface area contributed by atoms with E-state index in [1.807, 2.05) is 58.0 Å². The minimum absolute atomic E-state index is 0. The lowest BCUT2D eigenvalue weighted by Crippen LogP contribution is -1.97. The van der Waals surface area contributed by atoms with Crippen LogP contribution in [-0.2, 0) is 4.79 Å². The Morgan fingerprint density at radius 1 is 0.654 bits per heavy atom. The van der Waals surface area contributed by atoms with E-state index in [2.05, 4.69) is 0 Å². The second-order valence-corrected chi connectivity index (χ2v) is 3.77. The van der Waals surface area contributed by atoms with Crippen molar-refractivity contribution in [2.75, 3.05) is 0 Å². The fourth-order valence-electron chi connectivity index (χ4n) is 1.34. The maximum atomic E-state index is 10.6. The molecule has 0 heterocycles. The number of rotatable bonds is 3. The highest BCUT2D eigenvalue weighted by atomic mass is 16.2. The normalized spacial score (nSPS) is 6.96. The number of Topliss-reactive ketones (excluding diaryl/α,β-unsaturated/α-hetero) is 2. The van der Waals surface area contributed by atoms with Crippen LogP contribution in [0.25, 0.3) is 0 Å². The fraction of sp³-hybridized carbons (Fsp3) is 0.348. The van der Waals surface area contributed by atoms with Crippen LogP contribution < -0.4 is 0 Å². The maximum absolute atomic E-state index is 10.6. The third kappa shape index (κ3) is 16.3. The Hall–Kier alpha value is -2.55. The molecule has 2 aromatic rings. The minimum atomic E-state index is -0.472. The van der Waals surface area contributed by atoms with Crippen LogP contribution in [0.15, 0.2) is 60.7 Å². The molecule has 3 heteroatoms.